The summed E-state index contributed by atoms with van der Waals surface area (Å²) in [7, 11) is 0. The molecule has 0 spiro atoms. The standard InChI is InChI=1S/C20H20FN3O2/c21-13-3-8-16-17(12-19(25)23-18(16)11-13)20(26)22-14-4-6-15(7-5-14)24-9-1-2-10-24/h3-8,11,17H,1-2,9-10,12H2,(H,22,26)(H,23,25)/t17-/m1/s1. The van der Waals surface area contributed by atoms with Crippen LogP contribution in [0.1, 0.15) is 30.7 Å². The summed E-state index contributed by atoms with van der Waals surface area (Å²) in [5.74, 6) is -1.62. The van der Waals surface area contributed by atoms with Gasteiger partial charge in [0.25, 0.3) is 0 Å². The van der Waals surface area contributed by atoms with Crippen molar-refractivity contribution in [1.29, 1.82) is 0 Å². The van der Waals surface area contributed by atoms with Gasteiger partial charge in [0, 0.05) is 36.6 Å². The Kier molecular flexibility index (Phi) is 4.32. The van der Waals surface area contributed by atoms with E-state index in [2.05, 4.69) is 15.5 Å². The van der Waals surface area contributed by atoms with Crippen molar-refractivity contribution < 1.29 is 14.0 Å². The van der Waals surface area contributed by atoms with Crippen LogP contribution in [0, 0.1) is 5.82 Å². The van der Waals surface area contributed by atoms with Crippen LogP contribution in [0.3, 0.4) is 0 Å². The molecule has 2 aromatic rings. The van der Waals surface area contributed by atoms with E-state index in [-0.39, 0.29) is 18.2 Å². The van der Waals surface area contributed by atoms with Crippen LogP contribution < -0.4 is 15.5 Å². The summed E-state index contributed by atoms with van der Waals surface area (Å²) in [5, 5.41) is 5.50. The molecule has 134 valence electrons. The van der Waals surface area contributed by atoms with Gasteiger partial charge in [-0.2, -0.15) is 0 Å². The Morgan fingerprint density at radius 3 is 2.58 bits per heavy atom. The predicted octanol–water partition coefficient (Wildman–Crippen LogP) is 3.49. The number of fused-ring (bicyclic) bond motifs is 1. The molecule has 5 nitrogen and oxygen atoms in total. The third-order valence-electron chi connectivity index (χ3n) is 4.98. The fraction of sp³-hybridized carbons (Fsp3) is 0.300. The highest BCUT2D eigenvalue weighted by atomic mass is 19.1. The molecule has 26 heavy (non-hydrogen) atoms. The number of nitrogens with zero attached hydrogens (tertiary/aromatic N) is 1. The maximum absolute atomic E-state index is 13.4. The van der Waals surface area contributed by atoms with Gasteiger partial charge in [-0.3, -0.25) is 9.59 Å². The van der Waals surface area contributed by atoms with Gasteiger partial charge in [-0.15, -0.1) is 0 Å². The minimum absolute atomic E-state index is 0.0519. The molecule has 6 heteroatoms. The van der Waals surface area contributed by atoms with Crippen LogP contribution in [0.5, 0.6) is 0 Å². The largest absolute Gasteiger partial charge is 0.372 e. The van der Waals surface area contributed by atoms with Crippen molar-refractivity contribution in [3.8, 4) is 0 Å². The minimum atomic E-state index is -0.627. The first-order valence-corrected chi connectivity index (χ1v) is 8.85. The van der Waals surface area contributed by atoms with Gasteiger partial charge in [0.15, 0.2) is 0 Å². The summed E-state index contributed by atoms with van der Waals surface area (Å²) in [5.41, 5.74) is 2.84. The number of carbonyl (C=O) groups is 2. The second-order valence-electron chi connectivity index (χ2n) is 6.77. The molecule has 0 bridgehead atoms. The van der Waals surface area contributed by atoms with Crippen molar-refractivity contribution in [1.82, 2.24) is 0 Å². The van der Waals surface area contributed by atoms with Crippen LogP contribution in [0.25, 0.3) is 0 Å². The van der Waals surface area contributed by atoms with Gasteiger partial charge in [0.1, 0.15) is 5.82 Å². The van der Waals surface area contributed by atoms with E-state index in [4.69, 9.17) is 0 Å². The van der Waals surface area contributed by atoms with E-state index < -0.39 is 11.7 Å². The minimum Gasteiger partial charge on any atom is -0.372 e. The van der Waals surface area contributed by atoms with E-state index in [1.165, 1.54) is 25.0 Å². The van der Waals surface area contributed by atoms with Gasteiger partial charge >= 0.3 is 0 Å². The lowest BCUT2D eigenvalue weighted by Gasteiger charge is -2.25. The Morgan fingerprint density at radius 2 is 1.85 bits per heavy atom. The van der Waals surface area contributed by atoms with Crippen molar-refractivity contribution >= 4 is 28.9 Å². The molecular formula is C20H20FN3O2. The van der Waals surface area contributed by atoms with Crippen molar-refractivity contribution in [2.45, 2.75) is 25.2 Å². The van der Waals surface area contributed by atoms with Crippen molar-refractivity contribution in [3.05, 3.63) is 53.8 Å². The summed E-state index contributed by atoms with van der Waals surface area (Å²) in [6, 6.07) is 11.9. The van der Waals surface area contributed by atoms with Gasteiger partial charge in [-0.05, 0) is 54.8 Å². The molecule has 2 aliphatic rings. The molecule has 0 saturated carbocycles. The summed E-state index contributed by atoms with van der Waals surface area (Å²) in [6.45, 7) is 2.13. The second-order valence-corrected chi connectivity index (χ2v) is 6.77. The van der Waals surface area contributed by atoms with Crippen molar-refractivity contribution in [2.75, 3.05) is 28.6 Å². The van der Waals surface area contributed by atoms with Gasteiger partial charge in [0.2, 0.25) is 11.8 Å². The highest BCUT2D eigenvalue weighted by molar-refractivity contribution is 6.05. The number of benzene rings is 2. The summed E-state index contributed by atoms with van der Waals surface area (Å²) < 4.78 is 13.4. The van der Waals surface area contributed by atoms with Crippen molar-refractivity contribution in [3.63, 3.8) is 0 Å². The van der Waals surface area contributed by atoms with Gasteiger partial charge < -0.3 is 15.5 Å². The Bertz CT molecular complexity index is 845. The average molecular weight is 353 g/mol. The van der Waals surface area contributed by atoms with E-state index in [9.17, 15) is 14.0 Å². The van der Waals surface area contributed by atoms with Gasteiger partial charge in [-0.1, -0.05) is 6.07 Å². The molecule has 2 N–H and O–H groups in total. The molecule has 0 unspecified atom stereocenters. The zero-order chi connectivity index (χ0) is 18.1. The summed E-state index contributed by atoms with van der Waals surface area (Å²) in [6.07, 6.45) is 2.47. The third-order valence-corrected chi connectivity index (χ3v) is 4.98. The van der Waals surface area contributed by atoms with Crippen molar-refractivity contribution in [2.24, 2.45) is 0 Å². The Labute approximate surface area is 151 Å². The number of nitrogens with one attached hydrogen (secondary N) is 2. The van der Waals surface area contributed by atoms with E-state index in [0.29, 0.717) is 16.9 Å². The number of carbonyl (C=O) groups excluding carboxylic acids is 2. The van der Waals surface area contributed by atoms with Crippen LogP contribution in [0.15, 0.2) is 42.5 Å². The molecule has 2 amide bonds. The Morgan fingerprint density at radius 1 is 1.12 bits per heavy atom. The lowest BCUT2D eigenvalue weighted by molar-refractivity contribution is -0.123. The SMILES string of the molecule is O=C1C[C@@H](C(=O)Nc2ccc(N3CCCC3)cc2)c2ccc(F)cc2N1. The number of anilines is 3. The summed E-state index contributed by atoms with van der Waals surface area (Å²) >= 11 is 0. The molecule has 2 aromatic carbocycles. The maximum Gasteiger partial charge on any atom is 0.232 e. The molecule has 2 aliphatic heterocycles. The lowest BCUT2D eigenvalue weighted by Crippen LogP contribution is -2.30. The van der Waals surface area contributed by atoms with Crippen LogP contribution in [-0.4, -0.2) is 24.9 Å². The summed E-state index contributed by atoms with van der Waals surface area (Å²) in [4.78, 5) is 26.9. The normalized spacial score (nSPS) is 19.0. The van der Waals surface area contributed by atoms with Crippen LogP contribution in [-0.2, 0) is 9.59 Å². The number of halogens is 1. The topological polar surface area (TPSA) is 61.4 Å². The first-order chi connectivity index (χ1) is 12.6. The molecular weight excluding hydrogens is 333 g/mol. The van der Waals surface area contributed by atoms with E-state index >= 15 is 0 Å². The molecule has 0 aromatic heterocycles. The molecule has 4 rings (SSSR count). The lowest BCUT2D eigenvalue weighted by atomic mass is 9.89. The Balaban J connectivity index is 1.50. The maximum atomic E-state index is 13.4. The predicted molar refractivity (Wildman–Crippen MR) is 98.9 cm³/mol. The smallest absolute Gasteiger partial charge is 0.232 e. The van der Waals surface area contributed by atoms with E-state index in [1.807, 2.05) is 24.3 Å². The van der Waals surface area contributed by atoms with Gasteiger partial charge in [-0.25, -0.2) is 4.39 Å². The zero-order valence-corrected chi connectivity index (χ0v) is 14.3. The molecule has 1 fully saturated rings. The monoisotopic (exact) mass is 353 g/mol. The number of rotatable bonds is 3. The number of amides is 2. The van der Waals surface area contributed by atoms with E-state index in [1.54, 1.807) is 6.07 Å². The average Bonchev–Trinajstić information content (AvgIpc) is 3.16. The molecule has 0 radical (unpaired) electrons. The highest BCUT2D eigenvalue weighted by Gasteiger charge is 2.31. The molecule has 1 atom stereocenters. The Hall–Kier alpha value is -2.89. The zero-order valence-electron chi connectivity index (χ0n) is 14.3. The molecule has 0 aliphatic carbocycles. The number of hydrogen-bond acceptors (Lipinski definition) is 3. The van der Waals surface area contributed by atoms with E-state index in [0.717, 1.165) is 18.8 Å². The second kappa shape index (κ2) is 6.78. The third kappa shape index (κ3) is 3.27. The quantitative estimate of drug-likeness (QED) is 0.888. The highest BCUT2D eigenvalue weighted by Crippen LogP contribution is 2.33. The molecule has 2 heterocycles. The first-order valence-electron chi connectivity index (χ1n) is 8.85. The van der Waals surface area contributed by atoms with Crippen LogP contribution >= 0.6 is 0 Å². The van der Waals surface area contributed by atoms with Crippen LogP contribution in [0.4, 0.5) is 21.5 Å². The van der Waals surface area contributed by atoms with Crippen LogP contribution in [0.2, 0.25) is 0 Å². The fourth-order valence-corrected chi connectivity index (χ4v) is 3.63. The number of hydrogen-bond donors (Lipinski definition) is 2. The first kappa shape index (κ1) is 16.6. The fourth-order valence-electron chi connectivity index (χ4n) is 3.63. The van der Waals surface area contributed by atoms with Gasteiger partial charge in [0.05, 0.1) is 5.92 Å². The molecule has 1 saturated heterocycles.